The summed E-state index contributed by atoms with van der Waals surface area (Å²) >= 11 is 0. The second-order valence-corrected chi connectivity index (χ2v) is 10.0. The van der Waals surface area contributed by atoms with Crippen molar-refractivity contribution in [3.63, 3.8) is 0 Å². The molecule has 3 rings (SSSR count). The highest BCUT2D eigenvalue weighted by Gasteiger charge is 2.69. The molecule has 0 aromatic rings. The van der Waals surface area contributed by atoms with Gasteiger partial charge in [0.15, 0.2) is 5.78 Å². The fourth-order valence-corrected chi connectivity index (χ4v) is 6.34. The molecule has 5 nitrogen and oxygen atoms in total. The predicted molar refractivity (Wildman–Crippen MR) is 102 cm³/mol. The molecule has 1 saturated heterocycles. The third-order valence-corrected chi connectivity index (χ3v) is 8.11. The lowest BCUT2D eigenvalue weighted by Gasteiger charge is -2.66. The number of hydrogen-bond donors (Lipinski definition) is 1. The van der Waals surface area contributed by atoms with E-state index in [0.29, 0.717) is 12.8 Å². The van der Waals surface area contributed by atoms with Crippen molar-refractivity contribution in [3.05, 3.63) is 12.7 Å². The highest BCUT2D eigenvalue weighted by molar-refractivity contribution is 5.89. The van der Waals surface area contributed by atoms with Crippen molar-refractivity contribution < 1.29 is 24.2 Å². The van der Waals surface area contributed by atoms with Crippen LogP contribution in [0.3, 0.4) is 0 Å². The van der Waals surface area contributed by atoms with Crippen molar-refractivity contribution in [1.82, 2.24) is 0 Å². The summed E-state index contributed by atoms with van der Waals surface area (Å²) in [5.74, 6) is -0.439. The zero-order chi connectivity index (χ0) is 20.4. The number of ether oxygens (including phenoxy) is 2. The van der Waals surface area contributed by atoms with Gasteiger partial charge in [-0.1, -0.05) is 26.8 Å². The normalized spacial score (nSPS) is 48.9. The number of ketones is 1. The molecule has 0 bridgehead atoms. The van der Waals surface area contributed by atoms with E-state index >= 15 is 0 Å². The fraction of sp³-hybridized carbons (Fsp3) is 0.818. The van der Waals surface area contributed by atoms with Crippen molar-refractivity contribution in [2.24, 2.45) is 22.7 Å². The molecule has 3 aliphatic rings. The molecular weight excluding hydrogens is 344 g/mol. The lowest BCUT2D eigenvalue weighted by molar-refractivity contribution is -0.272. The van der Waals surface area contributed by atoms with E-state index in [0.717, 1.165) is 12.8 Å². The first-order chi connectivity index (χ1) is 12.3. The van der Waals surface area contributed by atoms with Crippen LogP contribution in [-0.2, 0) is 19.1 Å². The highest BCUT2D eigenvalue weighted by atomic mass is 16.5. The van der Waals surface area contributed by atoms with E-state index in [1.165, 1.54) is 6.92 Å². The molecule has 0 aromatic carbocycles. The van der Waals surface area contributed by atoms with Gasteiger partial charge in [-0.05, 0) is 38.0 Å². The fourth-order valence-electron chi connectivity index (χ4n) is 6.34. The van der Waals surface area contributed by atoms with Crippen molar-refractivity contribution in [2.75, 3.05) is 0 Å². The minimum absolute atomic E-state index is 0.0755. The first-order valence-electron chi connectivity index (χ1n) is 10.0. The summed E-state index contributed by atoms with van der Waals surface area (Å²) in [5.41, 5.74) is -2.37. The largest absolute Gasteiger partial charge is 0.462 e. The summed E-state index contributed by atoms with van der Waals surface area (Å²) in [6.45, 7) is 15.4. The number of Topliss-reactive ketones (excluding diaryl/α,β-unsaturated/α-hetero) is 1. The number of carbonyl (C=O) groups is 2. The molecular formula is C22H34O5. The maximum Gasteiger partial charge on any atom is 0.302 e. The highest BCUT2D eigenvalue weighted by Crippen LogP contribution is 2.65. The first-order valence-corrected chi connectivity index (χ1v) is 10.0. The van der Waals surface area contributed by atoms with Crippen LogP contribution in [-0.4, -0.2) is 40.3 Å². The van der Waals surface area contributed by atoms with Gasteiger partial charge in [0.1, 0.15) is 11.7 Å². The molecule has 0 aromatic heterocycles. The van der Waals surface area contributed by atoms with E-state index in [-0.39, 0.29) is 23.6 Å². The quantitative estimate of drug-likeness (QED) is 0.589. The molecule has 0 unspecified atom stereocenters. The van der Waals surface area contributed by atoms with E-state index in [2.05, 4.69) is 13.5 Å². The minimum atomic E-state index is -0.941. The summed E-state index contributed by atoms with van der Waals surface area (Å²) in [4.78, 5) is 25.2. The van der Waals surface area contributed by atoms with Gasteiger partial charge in [-0.2, -0.15) is 0 Å². The Labute approximate surface area is 162 Å². The summed E-state index contributed by atoms with van der Waals surface area (Å²) in [7, 11) is 0. The molecule has 1 aliphatic heterocycles. The summed E-state index contributed by atoms with van der Waals surface area (Å²) < 4.78 is 12.2. The second-order valence-electron chi connectivity index (χ2n) is 10.0. The second kappa shape index (κ2) is 6.15. The standard InChI is InChI=1S/C22H34O5/c1-8-20(5)10-9-14-21(6)15(11-17(25)22(14,7)27-20)19(3,4)16(24)12-18(21)26-13(2)23/h8,14-16,18,24H,1,9-12H2,2-7H3/t14-,15+,16-,18+,20+,21-,22+/m0/s1. The zero-order valence-corrected chi connectivity index (χ0v) is 17.5. The Kier molecular flexibility index (Phi) is 4.68. The van der Waals surface area contributed by atoms with Crippen LogP contribution in [0, 0.1) is 22.7 Å². The molecule has 27 heavy (non-hydrogen) atoms. The number of hydrogen-bond acceptors (Lipinski definition) is 5. The predicted octanol–water partition coefficient (Wildman–Crippen LogP) is 3.43. The first kappa shape index (κ1) is 20.5. The molecule has 2 saturated carbocycles. The van der Waals surface area contributed by atoms with E-state index in [9.17, 15) is 14.7 Å². The molecule has 7 atom stereocenters. The monoisotopic (exact) mass is 378 g/mol. The molecule has 2 aliphatic carbocycles. The van der Waals surface area contributed by atoms with E-state index in [1.807, 2.05) is 27.7 Å². The van der Waals surface area contributed by atoms with Crippen LogP contribution in [0.5, 0.6) is 0 Å². The number of fused-ring (bicyclic) bond motifs is 3. The van der Waals surface area contributed by atoms with Gasteiger partial charge in [0.05, 0.1) is 11.7 Å². The number of carbonyl (C=O) groups excluding carboxylic acids is 2. The van der Waals surface area contributed by atoms with Gasteiger partial charge < -0.3 is 14.6 Å². The van der Waals surface area contributed by atoms with Gasteiger partial charge in [0.25, 0.3) is 0 Å². The van der Waals surface area contributed by atoms with Crippen LogP contribution in [0.4, 0.5) is 0 Å². The lowest BCUT2D eigenvalue weighted by Crippen LogP contribution is -2.71. The molecule has 1 N–H and O–H groups in total. The Hall–Kier alpha value is -1.20. The van der Waals surface area contributed by atoms with Gasteiger partial charge in [-0.15, -0.1) is 6.58 Å². The molecule has 1 heterocycles. The average Bonchev–Trinajstić information content (AvgIpc) is 2.55. The molecule has 5 heteroatoms. The van der Waals surface area contributed by atoms with Gasteiger partial charge in [0, 0.05) is 31.1 Å². The average molecular weight is 379 g/mol. The van der Waals surface area contributed by atoms with Gasteiger partial charge in [0.2, 0.25) is 0 Å². The summed E-state index contributed by atoms with van der Waals surface area (Å²) in [5, 5.41) is 10.8. The molecule has 152 valence electrons. The Bertz CT molecular complexity index is 670. The van der Waals surface area contributed by atoms with E-state index < -0.39 is 34.2 Å². The number of esters is 1. The maximum absolute atomic E-state index is 13.3. The third kappa shape index (κ3) is 2.80. The zero-order valence-electron chi connectivity index (χ0n) is 17.5. The van der Waals surface area contributed by atoms with Crippen LogP contribution >= 0.6 is 0 Å². The van der Waals surface area contributed by atoms with Crippen LogP contribution in [0.25, 0.3) is 0 Å². The topological polar surface area (TPSA) is 72.8 Å². The SMILES string of the molecule is C=C[C@]1(C)CC[C@H]2[C@@]3(C)[C@H](CC(=O)[C@]2(C)O1)C(C)(C)[C@@H](O)C[C@H]3OC(C)=O. The van der Waals surface area contributed by atoms with E-state index in [4.69, 9.17) is 9.47 Å². The van der Waals surface area contributed by atoms with Gasteiger partial charge in [-0.25, -0.2) is 0 Å². The molecule has 3 fully saturated rings. The summed E-state index contributed by atoms with van der Waals surface area (Å²) in [6.07, 6.45) is 2.99. The van der Waals surface area contributed by atoms with Crippen molar-refractivity contribution >= 4 is 11.8 Å². The Morgan fingerprint density at radius 1 is 1.26 bits per heavy atom. The third-order valence-electron chi connectivity index (χ3n) is 8.11. The van der Waals surface area contributed by atoms with E-state index in [1.54, 1.807) is 6.08 Å². The molecule has 0 amide bonds. The van der Waals surface area contributed by atoms with Crippen molar-refractivity contribution in [3.8, 4) is 0 Å². The number of aliphatic hydroxyl groups is 1. The Morgan fingerprint density at radius 3 is 2.44 bits per heavy atom. The van der Waals surface area contributed by atoms with Crippen molar-refractivity contribution in [1.29, 1.82) is 0 Å². The molecule has 0 spiro atoms. The Balaban J connectivity index is 2.12. The Morgan fingerprint density at radius 2 is 1.89 bits per heavy atom. The molecule has 0 radical (unpaired) electrons. The van der Waals surface area contributed by atoms with Gasteiger partial charge >= 0.3 is 5.97 Å². The lowest BCUT2D eigenvalue weighted by atomic mass is 9.42. The van der Waals surface area contributed by atoms with Crippen molar-refractivity contribution in [2.45, 2.75) is 90.6 Å². The van der Waals surface area contributed by atoms with Crippen LogP contribution in [0.1, 0.15) is 67.2 Å². The van der Waals surface area contributed by atoms with Crippen LogP contribution in [0.15, 0.2) is 12.7 Å². The minimum Gasteiger partial charge on any atom is -0.462 e. The summed E-state index contributed by atoms with van der Waals surface area (Å²) in [6, 6.07) is 0. The maximum atomic E-state index is 13.3. The smallest absolute Gasteiger partial charge is 0.302 e. The van der Waals surface area contributed by atoms with Crippen LogP contribution in [0.2, 0.25) is 0 Å². The van der Waals surface area contributed by atoms with Crippen LogP contribution < -0.4 is 0 Å². The van der Waals surface area contributed by atoms with Gasteiger partial charge in [-0.3, -0.25) is 9.59 Å². The number of aliphatic hydroxyl groups excluding tert-OH is 1. The number of rotatable bonds is 2.